The Morgan fingerprint density at radius 1 is 1.53 bits per heavy atom. The normalized spacial score (nSPS) is 13.0. The van der Waals surface area contributed by atoms with Crippen LogP contribution in [0.25, 0.3) is 0 Å². The van der Waals surface area contributed by atoms with Crippen molar-refractivity contribution in [2.24, 2.45) is 0 Å². The molecule has 0 amide bonds. The minimum atomic E-state index is -2.99. The summed E-state index contributed by atoms with van der Waals surface area (Å²) in [4.78, 5) is 14.1. The second-order valence-electron chi connectivity index (χ2n) is 4.58. The second kappa shape index (κ2) is 5.96. The highest BCUT2D eigenvalue weighted by Gasteiger charge is 2.13. The van der Waals surface area contributed by atoms with E-state index in [2.05, 4.69) is 10.3 Å². The Morgan fingerprint density at radius 2 is 2.16 bits per heavy atom. The van der Waals surface area contributed by atoms with Gasteiger partial charge >= 0.3 is 0 Å². The van der Waals surface area contributed by atoms with E-state index >= 15 is 0 Å². The van der Waals surface area contributed by atoms with Crippen LogP contribution in [0.1, 0.15) is 18.9 Å². The molecule has 8 heteroatoms. The summed E-state index contributed by atoms with van der Waals surface area (Å²) in [5.41, 5.74) is 0.479. The van der Waals surface area contributed by atoms with Gasteiger partial charge in [-0.2, -0.15) is 0 Å². The topological polar surface area (TPSA) is 102 Å². The maximum Gasteiger partial charge on any atom is 0.290 e. The summed E-state index contributed by atoms with van der Waals surface area (Å²) < 4.78 is 22.1. The lowest BCUT2D eigenvalue weighted by atomic mass is 10.2. The van der Waals surface area contributed by atoms with Crippen molar-refractivity contribution < 1.29 is 13.3 Å². The van der Waals surface area contributed by atoms with Gasteiger partial charge < -0.3 is 5.32 Å². The highest BCUT2D eigenvalue weighted by molar-refractivity contribution is 7.90. The Morgan fingerprint density at radius 3 is 2.63 bits per heavy atom. The second-order valence-corrected chi connectivity index (χ2v) is 6.84. The number of aromatic nitrogens is 1. The number of nitro groups is 1. The number of pyridine rings is 1. The largest absolute Gasteiger partial charge is 0.368 e. The molecule has 1 rings (SSSR count). The van der Waals surface area contributed by atoms with Crippen molar-refractivity contribution in [1.29, 1.82) is 0 Å². The van der Waals surface area contributed by atoms with Crippen LogP contribution in [0, 0.1) is 17.0 Å². The third-order valence-corrected chi connectivity index (χ3v) is 3.57. The molecule has 1 unspecified atom stereocenters. The van der Waals surface area contributed by atoms with Crippen molar-refractivity contribution in [3.63, 3.8) is 0 Å². The molecule has 1 heterocycles. The molecule has 0 aliphatic heterocycles. The molecular formula is C11H17N3O4S. The van der Waals surface area contributed by atoms with E-state index in [1.165, 1.54) is 12.5 Å². The summed E-state index contributed by atoms with van der Waals surface area (Å²) in [6.45, 7) is 3.47. The molecule has 0 spiro atoms. The highest BCUT2D eigenvalue weighted by atomic mass is 32.2. The van der Waals surface area contributed by atoms with Crippen LogP contribution in [0.4, 0.5) is 11.5 Å². The first-order valence-corrected chi connectivity index (χ1v) is 7.80. The summed E-state index contributed by atoms with van der Waals surface area (Å²) in [7, 11) is -2.99. The molecule has 0 bridgehead atoms. The lowest BCUT2D eigenvalue weighted by Gasteiger charge is -2.14. The zero-order chi connectivity index (χ0) is 14.6. The standard InChI is InChI=1S/C11H17N3O4S/c1-8-6-11(12-7-10(8)14(15)16)13-9(2)4-5-19(3,17)18/h6-7,9H,4-5H2,1-3H3,(H,12,13). The summed E-state index contributed by atoms with van der Waals surface area (Å²) in [6.07, 6.45) is 2.84. The van der Waals surface area contributed by atoms with E-state index < -0.39 is 14.8 Å². The van der Waals surface area contributed by atoms with E-state index in [0.717, 1.165) is 0 Å². The number of nitrogens with zero attached hydrogens (tertiary/aromatic N) is 2. The van der Waals surface area contributed by atoms with Crippen molar-refractivity contribution >= 4 is 21.3 Å². The average molecular weight is 287 g/mol. The van der Waals surface area contributed by atoms with Gasteiger partial charge in [0, 0.05) is 17.9 Å². The van der Waals surface area contributed by atoms with Crippen LogP contribution >= 0.6 is 0 Å². The van der Waals surface area contributed by atoms with Crippen LogP contribution < -0.4 is 5.32 Å². The Balaban J connectivity index is 2.67. The molecule has 0 radical (unpaired) electrons. The summed E-state index contributed by atoms with van der Waals surface area (Å²) in [5.74, 6) is 0.594. The van der Waals surface area contributed by atoms with Gasteiger partial charge in [0.25, 0.3) is 5.69 Å². The third kappa shape index (κ3) is 5.21. The number of hydrogen-bond acceptors (Lipinski definition) is 6. The smallest absolute Gasteiger partial charge is 0.290 e. The number of nitrogens with one attached hydrogen (secondary N) is 1. The number of hydrogen-bond donors (Lipinski definition) is 1. The lowest BCUT2D eigenvalue weighted by molar-refractivity contribution is -0.385. The van der Waals surface area contributed by atoms with E-state index in [-0.39, 0.29) is 17.5 Å². The van der Waals surface area contributed by atoms with Crippen molar-refractivity contribution in [2.45, 2.75) is 26.3 Å². The van der Waals surface area contributed by atoms with E-state index in [9.17, 15) is 18.5 Å². The van der Waals surface area contributed by atoms with Crippen molar-refractivity contribution in [3.05, 3.63) is 27.9 Å². The monoisotopic (exact) mass is 287 g/mol. The van der Waals surface area contributed by atoms with E-state index in [1.807, 2.05) is 6.92 Å². The molecule has 0 aliphatic carbocycles. The molecule has 0 aromatic carbocycles. The molecule has 1 atom stereocenters. The predicted molar refractivity (Wildman–Crippen MR) is 73.0 cm³/mol. The molecule has 0 saturated heterocycles. The Hall–Kier alpha value is -1.70. The predicted octanol–water partition coefficient (Wildman–Crippen LogP) is 1.53. The minimum absolute atomic E-state index is 0.0330. The van der Waals surface area contributed by atoms with Gasteiger partial charge in [0.1, 0.15) is 21.9 Å². The van der Waals surface area contributed by atoms with Gasteiger partial charge in [-0.1, -0.05) is 0 Å². The van der Waals surface area contributed by atoms with E-state index in [0.29, 0.717) is 17.8 Å². The van der Waals surface area contributed by atoms with Crippen LogP contribution in [-0.4, -0.2) is 36.4 Å². The molecule has 19 heavy (non-hydrogen) atoms. The number of sulfone groups is 1. The van der Waals surface area contributed by atoms with E-state index in [4.69, 9.17) is 0 Å². The zero-order valence-electron chi connectivity index (χ0n) is 11.1. The molecule has 7 nitrogen and oxygen atoms in total. The minimum Gasteiger partial charge on any atom is -0.368 e. The fourth-order valence-corrected chi connectivity index (χ4v) is 2.32. The number of anilines is 1. The van der Waals surface area contributed by atoms with Gasteiger partial charge in [0.05, 0.1) is 10.7 Å². The van der Waals surface area contributed by atoms with Crippen LogP contribution in [0.2, 0.25) is 0 Å². The first-order chi connectivity index (χ1) is 8.69. The van der Waals surface area contributed by atoms with Crippen LogP contribution in [-0.2, 0) is 9.84 Å². The highest BCUT2D eigenvalue weighted by Crippen LogP contribution is 2.19. The fourth-order valence-electron chi connectivity index (χ4n) is 1.53. The van der Waals surface area contributed by atoms with Crippen molar-refractivity contribution in [3.8, 4) is 0 Å². The first-order valence-electron chi connectivity index (χ1n) is 5.74. The van der Waals surface area contributed by atoms with Crippen LogP contribution in [0.3, 0.4) is 0 Å². The molecular weight excluding hydrogens is 270 g/mol. The molecule has 1 aromatic heterocycles. The molecule has 106 valence electrons. The first kappa shape index (κ1) is 15.4. The van der Waals surface area contributed by atoms with E-state index in [1.54, 1.807) is 13.0 Å². The summed E-state index contributed by atoms with van der Waals surface area (Å²) in [5, 5.41) is 13.7. The fraction of sp³-hybridized carbons (Fsp3) is 0.545. The zero-order valence-corrected chi connectivity index (χ0v) is 11.9. The van der Waals surface area contributed by atoms with Crippen molar-refractivity contribution in [2.75, 3.05) is 17.3 Å². The average Bonchev–Trinajstić information content (AvgIpc) is 2.25. The SMILES string of the molecule is Cc1cc(NC(C)CCS(C)(=O)=O)ncc1[N+](=O)[O-]. The van der Waals surface area contributed by atoms with Gasteiger partial charge in [0.15, 0.2) is 0 Å². The number of aryl methyl sites for hydroxylation is 1. The van der Waals surface area contributed by atoms with Gasteiger partial charge in [-0.05, 0) is 26.3 Å². The van der Waals surface area contributed by atoms with Gasteiger partial charge in [-0.3, -0.25) is 10.1 Å². The van der Waals surface area contributed by atoms with Crippen molar-refractivity contribution in [1.82, 2.24) is 4.98 Å². The van der Waals surface area contributed by atoms with Crippen LogP contribution in [0.5, 0.6) is 0 Å². The summed E-state index contributed by atoms with van der Waals surface area (Å²) >= 11 is 0. The van der Waals surface area contributed by atoms with Crippen LogP contribution in [0.15, 0.2) is 12.3 Å². The Kier molecular flexibility index (Phi) is 4.82. The maximum absolute atomic E-state index is 11.0. The Bertz CT molecular complexity index is 571. The third-order valence-electron chi connectivity index (χ3n) is 2.60. The van der Waals surface area contributed by atoms with Gasteiger partial charge in [-0.15, -0.1) is 0 Å². The molecule has 0 aliphatic rings. The lowest BCUT2D eigenvalue weighted by Crippen LogP contribution is -2.20. The summed E-state index contributed by atoms with van der Waals surface area (Å²) in [6, 6.07) is 1.50. The molecule has 0 fully saturated rings. The maximum atomic E-state index is 11.0. The van der Waals surface area contributed by atoms with Gasteiger partial charge in [-0.25, -0.2) is 13.4 Å². The molecule has 1 N–H and O–H groups in total. The Labute approximate surface area is 112 Å². The van der Waals surface area contributed by atoms with Gasteiger partial charge in [0.2, 0.25) is 0 Å². The number of rotatable bonds is 6. The quantitative estimate of drug-likeness (QED) is 0.629. The molecule has 1 aromatic rings. The molecule has 0 saturated carbocycles.